The maximum absolute atomic E-state index is 13.6. The molecular formula is C25H34FN3O5S. The summed E-state index contributed by atoms with van der Waals surface area (Å²) in [6.07, 6.45) is 2.02. The summed E-state index contributed by atoms with van der Waals surface area (Å²) in [5.41, 5.74) is 0.822. The lowest BCUT2D eigenvalue weighted by Crippen LogP contribution is -2.53. The smallest absolute Gasteiger partial charge is 0.244 e. The fourth-order valence-corrected chi connectivity index (χ4v) is 4.43. The molecule has 2 amide bonds. The quantitative estimate of drug-likeness (QED) is 0.476. The van der Waals surface area contributed by atoms with Crippen LogP contribution in [-0.2, 0) is 26.2 Å². The predicted octanol–water partition coefficient (Wildman–Crippen LogP) is 3.32. The van der Waals surface area contributed by atoms with Crippen LogP contribution >= 0.6 is 0 Å². The van der Waals surface area contributed by atoms with Gasteiger partial charge in [-0.1, -0.05) is 38.1 Å². The molecule has 10 heteroatoms. The van der Waals surface area contributed by atoms with Crippen LogP contribution in [0.3, 0.4) is 0 Å². The molecule has 2 aromatic carbocycles. The van der Waals surface area contributed by atoms with Crippen molar-refractivity contribution in [1.82, 2.24) is 10.2 Å². The van der Waals surface area contributed by atoms with Crippen molar-refractivity contribution in [1.29, 1.82) is 0 Å². The molecule has 0 radical (unpaired) electrons. The summed E-state index contributed by atoms with van der Waals surface area (Å²) in [5.74, 6) is -1.04. The van der Waals surface area contributed by atoms with E-state index >= 15 is 0 Å². The zero-order valence-electron chi connectivity index (χ0n) is 20.8. The summed E-state index contributed by atoms with van der Waals surface area (Å²) < 4.78 is 45.1. The fraction of sp³-hybridized carbons (Fsp3) is 0.440. The lowest BCUT2D eigenvalue weighted by molar-refractivity contribution is -0.140. The predicted molar refractivity (Wildman–Crippen MR) is 134 cm³/mol. The Kier molecular flexibility index (Phi) is 10.1. The minimum Gasteiger partial charge on any atom is -0.495 e. The Bertz CT molecular complexity index is 1110. The molecule has 0 fully saturated rings. The van der Waals surface area contributed by atoms with E-state index in [0.717, 1.165) is 10.6 Å². The number of hydrogen-bond acceptors (Lipinski definition) is 5. The van der Waals surface area contributed by atoms with E-state index in [2.05, 4.69) is 5.32 Å². The van der Waals surface area contributed by atoms with Gasteiger partial charge in [0, 0.05) is 12.6 Å². The van der Waals surface area contributed by atoms with Gasteiger partial charge in [0.05, 0.1) is 19.1 Å². The van der Waals surface area contributed by atoms with Crippen LogP contribution in [0.4, 0.5) is 10.1 Å². The van der Waals surface area contributed by atoms with E-state index < -0.39 is 34.3 Å². The molecule has 0 aliphatic rings. The molecular weight excluding hydrogens is 473 g/mol. The van der Waals surface area contributed by atoms with Crippen LogP contribution in [0, 0.1) is 5.82 Å². The van der Waals surface area contributed by atoms with Gasteiger partial charge in [0.2, 0.25) is 21.8 Å². The van der Waals surface area contributed by atoms with E-state index in [-0.39, 0.29) is 29.9 Å². The van der Waals surface area contributed by atoms with Gasteiger partial charge in [0.25, 0.3) is 0 Å². The van der Waals surface area contributed by atoms with Crippen molar-refractivity contribution in [2.75, 3.05) is 24.2 Å². The highest BCUT2D eigenvalue weighted by Crippen LogP contribution is 2.29. The van der Waals surface area contributed by atoms with Gasteiger partial charge in [0.15, 0.2) is 0 Å². The zero-order chi connectivity index (χ0) is 26.2. The second-order valence-corrected chi connectivity index (χ2v) is 10.2. The number of hydrogen-bond donors (Lipinski definition) is 1. The number of halogens is 1. The Labute approximate surface area is 207 Å². The maximum atomic E-state index is 13.6. The van der Waals surface area contributed by atoms with Crippen LogP contribution in [0.25, 0.3) is 0 Å². The summed E-state index contributed by atoms with van der Waals surface area (Å²) in [7, 11) is -2.47. The topological polar surface area (TPSA) is 96.0 Å². The van der Waals surface area contributed by atoms with E-state index in [1.165, 1.54) is 36.3 Å². The zero-order valence-corrected chi connectivity index (χ0v) is 21.6. The van der Waals surface area contributed by atoms with Gasteiger partial charge >= 0.3 is 0 Å². The van der Waals surface area contributed by atoms with E-state index in [1.54, 1.807) is 31.2 Å². The second kappa shape index (κ2) is 12.5. The number of anilines is 1. The molecule has 0 aromatic heterocycles. The summed E-state index contributed by atoms with van der Waals surface area (Å²) in [6, 6.07) is 11.1. The van der Waals surface area contributed by atoms with E-state index in [0.29, 0.717) is 18.4 Å². The molecule has 0 saturated carbocycles. The van der Waals surface area contributed by atoms with Crippen LogP contribution in [-0.4, -0.2) is 57.1 Å². The van der Waals surface area contributed by atoms with Crippen molar-refractivity contribution < 1.29 is 27.1 Å². The van der Waals surface area contributed by atoms with Crippen LogP contribution < -0.4 is 14.4 Å². The molecule has 0 aliphatic carbocycles. The van der Waals surface area contributed by atoms with Gasteiger partial charge in [-0.15, -0.1) is 0 Å². The number of amides is 2. The average Bonchev–Trinajstić information content (AvgIpc) is 2.82. The standard InChI is InChI=1S/C25H34FN3O5S/c1-6-18(3)27-25(31)21(7-2)28(16-19-12-14-20(26)15-13-19)24(30)17-29(35(5,32)33)22-10-8-9-11-23(22)34-4/h8-15,18,21H,6-7,16-17H2,1-5H3,(H,27,31)/t18-,21-/m0/s1. The monoisotopic (exact) mass is 507 g/mol. The lowest BCUT2D eigenvalue weighted by Gasteiger charge is -2.33. The number of carbonyl (C=O) groups is 2. The van der Waals surface area contributed by atoms with Gasteiger partial charge in [-0.2, -0.15) is 0 Å². The molecule has 0 saturated heterocycles. The number of methoxy groups -OCH3 is 1. The molecule has 2 atom stereocenters. The highest BCUT2D eigenvalue weighted by atomic mass is 32.2. The van der Waals surface area contributed by atoms with Crippen LogP contribution in [0.2, 0.25) is 0 Å². The third-order valence-electron chi connectivity index (χ3n) is 5.69. The first kappa shape index (κ1) is 28.1. The Morgan fingerprint density at radius 2 is 1.69 bits per heavy atom. The molecule has 192 valence electrons. The van der Waals surface area contributed by atoms with Crippen molar-refractivity contribution in [2.24, 2.45) is 0 Å². The van der Waals surface area contributed by atoms with E-state index in [9.17, 15) is 22.4 Å². The summed E-state index contributed by atoms with van der Waals surface area (Å²) in [6.45, 7) is 5.05. The third-order valence-corrected chi connectivity index (χ3v) is 6.81. The van der Waals surface area contributed by atoms with Gasteiger partial charge in [-0.3, -0.25) is 13.9 Å². The molecule has 0 spiro atoms. The number of carbonyl (C=O) groups excluding carboxylic acids is 2. The van der Waals surface area contributed by atoms with E-state index in [1.807, 2.05) is 13.8 Å². The highest BCUT2D eigenvalue weighted by molar-refractivity contribution is 7.92. The van der Waals surface area contributed by atoms with Crippen molar-refractivity contribution in [3.8, 4) is 5.75 Å². The van der Waals surface area contributed by atoms with Gasteiger partial charge in [-0.25, -0.2) is 12.8 Å². The lowest BCUT2D eigenvalue weighted by atomic mass is 10.1. The normalized spacial score (nSPS) is 13.0. The molecule has 0 aliphatic heterocycles. The summed E-state index contributed by atoms with van der Waals surface area (Å²) >= 11 is 0. The van der Waals surface area contributed by atoms with Crippen molar-refractivity contribution in [3.05, 3.63) is 59.9 Å². The number of nitrogens with zero attached hydrogens (tertiary/aromatic N) is 2. The van der Waals surface area contributed by atoms with Crippen LogP contribution in [0.15, 0.2) is 48.5 Å². The van der Waals surface area contributed by atoms with Crippen molar-refractivity contribution in [2.45, 2.75) is 52.2 Å². The third kappa shape index (κ3) is 7.68. The molecule has 2 aromatic rings. The Morgan fingerprint density at radius 3 is 2.23 bits per heavy atom. The number of nitrogens with one attached hydrogen (secondary N) is 1. The number of rotatable bonds is 12. The van der Waals surface area contributed by atoms with Gasteiger partial charge in [0.1, 0.15) is 24.2 Å². The number of para-hydroxylation sites is 2. The fourth-order valence-electron chi connectivity index (χ4n) is 3.58. The molecule has 2 rings (SSSR count). The summed E-state index contributed by atoms with van der Waals surface area (Å²) in [4.78, 5) is 28.0. The maximum Gasteiger partial charge on any atom is 0.244 e. The first-order valence-electron chi connectivity index (χ1n) is 11.5. The average molecular weight is 508 g/mol. The molecule has 0 heterocycles. The molecule has 0 bridgehead atoms. The Morgan fingerprint density at radius 1 is 1.06 bits per heavy atom. The number of benzene rings is 2. The van der Waals surface area contributed by atoms with Crippen molar-refractivity contribution >= 4 is 27.5 Å². The molecule has 0 unspecified atom stereocenters. The van der Waals surface area contributed by atoms with Crippen LogP contribution in [0.1, 0.15) is 39.2 Å². The Hall–Kier alpha value is -3.14. The van der Waals surface area contributed by atoms with Gasteiger partial charge < -0.3 is 15.0 Å². The first-order chi connectivity index (χ1) is 16.5. The highest BCUT2D eigenvalue weighted by Gasteiger charge is 2.32. The molecule has 1 N–H and O–H groups in total. The van der Waals surface area contributed by atoms with Crippen molar-refractivity contribution in [3.63, 3.8) is 0 Å². The second-order valence-electron chi connectivity index (χ2n) is 8.33. The minimum absolute atomic E-state index is 0.00900. The molecule has 8 nitrogen and oxygen atoms in total. The largest absolute Gasteiger partial charge is 0.495 e. The summed E-state index contributed by atoms with van der Waals surface area (Å²) in [5, 5.41) is 2.90. The molecule has 35 heavy (non-hydrogen) atoms. The first-order valence-corrected chi connectivity index (χ1v) is 13.3. The SMILES string of the molecule is CC[C@H](C)NC(=O)[C@H](CC)N(Cc1ccc(F)cc1)C(=O)CN(c1ccccc1OC)S(C)(=O)=O. The number of sulfonamides is 1. The van der Waals surface area contributed by atoms with Gasteiger partial charge in [-0.05, 0) is 49.6 Å². The number of ether oxygens (including phenoxy) is 1. The van der Waals surface area contributed by atoms with E-state index in [4.69, 9.17) is 4.74 Å². The van der Waals surface area contributed by atoms with Crippen LogP contribution in [0.5, 0.6) is 5.75 Å². The minimum atomic E-state index is -3.88. The Balaban J connectivity index is 2.46.